The van der Waals surface area contributed by atoms with Crippen molar-refractivity contribution in [3.63, 3.8) is 0 Å². The van der Waals surface area contributed by atoms with E-state index in [2.05, 4.69) is 55.9 Å². The molecule has 168 valence electrons. The second-order valence-electron chi connectivity index (χ2n) is 9.19. The van der Waals surface area contributed by atoms with Crippen LogP contribution in [0.5, 0.6) is 11.5 Å². The molecule has 0 radical (unpaired) electrons. The minimum absolute atomic E-state index is 0. The highest BCUT2D eigenvalue weighted by Crippen LogP contribution is 2.38. The van der Waals surface area contributed by atoms with Gasteiger partial charge < -0.3 is 14.8 Å². The predicted molar refractivity (Wildman–Crippen MR) is 128 cm³/mol. The van der Waals surface area contributed by atoms with E-state index in [0.29, 0.717) is 23.7 Å². The molecule has 30 heavy (non-hydrogen) atoms. The molecule has 0 saturated carbocycles. The summed E-state index contributed by atoms with van der Waals surface area (Å²) in [6.45, 7) is 14.5. The maximum Gasteiger partial charge on any atom is 0.175 e. The van der Waals surface area contributed by atoms with Crippen molar-refractivity contribution in [2.24, 2.45) is 5.41 Å². The fourth-order valence-electron chi connectivity index (χ4n) is 3.62. The Balaban J connectivity index is 0.00000450. The van der Waals surface area contributed by atoms with Gasteiger partial charge in [-0.15, -0.1) is 12.4 Å². The van der Waals surface area contributed by atoms with E-state index in [0.717, 1.165) is 23.0 Å². The molecular weight excluding hydrogens is 469 g/mol. The molecule has 2 aromatic carbocycles. The van der Waals surface area contributed by atoms with E-state index in [1.165, 1.54) is 6.07 Å². The van der Waals surface area contributed by atoms with E-state index < -0.39 is 0 Å². The number of rotatable bonds is 9. The number of hydrogen-bond acceptors (Lipinski definition) is 3. The van der Waals surface area contributed by atoms with Crippen LogP contribution >= 0.6 is 28.3 Å². The lowest BCUT2D eigenvalue weighted by molar-refractivity contribution is 0.240. The van der Waals surface area contributed by atoms with Crippen molar-refractivity contribution in [1.82, 2.24) is 5.32 Å². The van der Waals surface area contributed by atoms with Crippen LogP contribution in [0.3, 0.4) is 0 Å². The molecule has 0 atom stereocenters. The number of halogens is 3. The highest BCUT2D eigenvalue weighted by Gasteiger charge is 2.25. The summed E-state index contributed by atoms with van der Waals surface area (Å²) in [7, 11) is 0. The average molecular weight is 503 g/mol. The van der Waals surface area contributed by atoms with Crippen LogP contribution in [0.25, 0.3) is 0 Å². The molecule has 0 aliphatic carbocycles. The maximum absolute atomic E-state index is 13.9. The van der Waals surface area contributed by atoms with Crippen molar-refractivity contribution >= 4 is 28.3 Å². The zero-order chi connectivity index (χ0) is 21.7. The Bertz CT molecular complexity index is 821. The Morgan fingerprint density at radius 1 is 1.03 bits per heavy atom. The highest BCUT2D eigenvalue weighted by atomic mass is 79.9. The molecule has 0 heterocycles. The van der Waals surface area contributed by atoms with Gasteiger partial charge in [-0.25, -0.2) is 4.39 Å². The van der Waals surface area contributed by atoms with E-state index in [-0.39, 0.29) is 35.8 Å². The van der Waals surface area contributed by atoms with Crippen molar-refractivity contribution in [2.75, 3.05) is 6.61 Å². The summed E-state index contributed by atoms with van der Waals surface area (Å²) < 4.78 is 26.4. The van der Waals surface area contributed by atoms with Crippen LogP contribution in [-0.4, -0.2) is 12.1 Å². The minimum Gasteiger partial charge on any atom is -0.490 e. The number of hydrogen-bond donors (Lipinski definition) is 1. The van der Waals surface area contributed by atoms with Gasteiger partial charge in [0.2, 0.25) is 0 Å². The fourth-order valence-corrected chi connectivity index (χ4v) is 4.23. The molecule has 0 aliphatic heterocycles. The van der Waals surface area contributed by atoms with Gasteiger partial charge in [-0.05, 0) is 72.3 Å². The Morgan fingerprint density at radius 3 is 2.30 bits per heavy atom. The van der Waals surface area contributed by atoms with Gasteiger partial charge in [-0.1, -0.05) is 39.0 Å². The van der Waals surface area contributed by atoms with Gasteiger partial charge in [-0.2, -0.15) is 0 Å². The average Bonchev–Trinajstić information content (AvgIpc) is 2.59. The van der Waals surface area contributed by atoms with Gasteiger partial charge in [0.15, 0.2) is 11.5 Å². The third-order valence-corrected chi connectivity index (χ3v) is 5.03. The van der Waals surface area contributed by atoms with Gasteiger partial charge in [0.1, 0.15) is 12.4 Å². The Hall–Kier alpha value is -1.30. The number of ether oxygens (including phenoxy) is 2. The number of benzene rings is 2. The summed E-state index contributed by atoms with van der Waals surface area (Å²) in [6, 6.07) is 10.6. The molecule has 2 aromatic rings. The van der Waals surface area contributed by atoms with Crippen LogP contribution in [0.4, 0.5) is 4.39 Å². The Kier molecular flexibility index (Phi) is 10.1. The molecule has 2 rings (SSSR count). The van der Waals surface area contributed by atoms with Crippen LogP contribution in [0.1, 0.15) is 59.1 Å². The summed E-state index contributed by atoms with van der Waals surface area (Å²) >= 11 is 3.60. The van der Waals surface area contributed by atoms with E-state index in [1.807, 2.05) is 19.1 Å². The lowest BCUT2D eigenvalue weighted by Crippen LogP contribution is -2.41. The molecule has 6 heteroatoms. The lowest BCUT2D eigenvalue weighted by Gasteiger charge is -2.33. The molecule has 0 spiro atoms. The molecule has 1 N–H and O–H groups in total. The normalized spacial score (nSPS) is 11.7. The second-order valence-corrected chi connectivity index (χ2v) is 10.0. The van der Waals surface area contributed by atoms with Crippen molar-refractivity contribution in [3.05, 3.63) is 57.8 Å². The van der Waals surface area contributed by atoms with E-state index in [9.17, 15) is 4.39 Å². The summed E-state index contributed by atoms with van der Waals surface area (Å²) in [5.74, 6) is 0.972. The predicted octanol–water partition coefficient (Wildman–Crippen LogP) is 7.29. The SMILES string of the molecule is CCOc1cc(CNC(C)(C)CC(C)(C)C)cc(Br)c1OCc1ccccc1F.Cl. The largest absolute Gasteiger partial charge is 0.490 e. The zero-order valence-corrected chi connectivity index (χ0v) is 21.2. The van der Waals surface area contributed by atoms with Crippen LogP contribution in [0.15, 0.2) is 40.9 Å². The summed E-state index contributed by atoms with van der Waals surface area (Å²) in [5.41, 5.74) is 1.87. The first-order valence-corrected chi connectivity index (χ1v) is 10.9. The van der Waals surface area contributed by atoms with Crippen LogP contribution in [-0.2, 0) is 13.2 Å². The van der Waals surface area contributed by atoms with E-state index in [1.54, 1.807) is 18.2 Å². The molecule has 0 bridgehead atoms. The number of nitrogens with one attached hydrogen (secondary N) is 1. The van der Waals surface area contributed by atoms with Gasteiger partial charge >= 0.3 is 0 Å². The third kappa shape index (κ3) is 8.44. The minimum atomic E-state index is -0.275. The molecule has 0 aliphatic rings. The first-order chi connectivity index (χ1) is 13.5. The monoisotopic (exact) mass is 501 g/mol. The molecule has 0 unspecified atom stereocenters. The van der Waals surface area contributed by atoms with Gasteiger partial charge in [0.25, 0.3) is 0 Å². The zero-order valence-electron chi connectivity index (χ0n) is 18.8. The second kappa shape index (κ2) is 11.4. The fraction of sp³-hybridized carbons (Fsp3) is 0.500. The maximum atomic E-state index is 13.9. The quantitative estimate of drug-likeness (QED) is 0.390. The molecule has 0 aromatic heterocycles. The molecule has 0 amide bonds. The van der Waals surface area contributed by atoms with Crippen molar-refractivity contribution in [3.8, 4) is 11.5 Å². The lowest BCUT2D eigenvalue weighted by atomic mass is 9.82. The Labute approximate surface area is 195 Å². The van der Waals surface area contributed by atoms with E-state index in [4.69, 9.17) is 9.47 Å². The third-order valence-electron chi connectivity index (χ3n) is 4.44. The van der Waals surface area contributed by atoms with E-state index >= 15 is 0 Å². The molecule has 0 saturated heterocycles. The molecular formula is C24H34BrClFNO2. The summed E-state index contributed by atoms with van der Waals surface area (Å²) in [5, 5.41) is 3.65. The molecule has 3 nitrogen and oxygen atoms in total. The van der Waals surface area contributed by atoms with Crippen LogP contribution in [0.2, 0.25) is 0 Å². The first-order valence-electron chi connectivity index (χ1n) is 10.1. The molecule has 0 fully saturated rings. The van der Waals surface area contributed by atoms with Crippen molar-refractivity contribution in [1.29, 1.82) is 0 Å². The summed E-state index contributed by atoms with van der Waals surface area (Å²) in [6.07, 6.45) is 1.06. The van der Waals surface area contributed by atoms with Crippen LogP contribution < -0.4 is 14.8 Å². The standard InChI is InChI=1S/C24H33BrFNO2.ClH/c1-7-28-21-13-17(14-27-24(5,6)16-23(2,3)4)12-19(25)22(21)29-15-18-10-8-9-11-20(18)26;/h8-13,27H,7,14-16H2,1-6H3;1H. The summed E-state index contributed by atoms with van der Waals surface area (Å²) in [4.78, 5) is 0. The topological polar surface area (TPSA) is 30.5 Å². The van der Waals surface area contributed by atoms with Gasteiger partial charge in [-0.3, -0.25) is 0 Å². The van der Waals surface area contributed by atoms with Crippen LogP contribution in [0, 0.1) is 11.2 Å². The smallest absolute Gasteiger partial charge is 0.175 e. The Morgan fingerprint density at radius 2 is 1.70 bits per heavy atom. The first kappa shape index (κ1) is 26.7. The van der Waals surface area contributed by atoms with Gasteiger partial charge in [0.05, 0.1) is 11.1 Å². The van der Waals surface area contributed by atoms with Crippen molar-refractivity contribution < 1.29 is 13.9 Å². The highest BCUT2D eigenvalue weighted by molar-refractivity contribution is 9.10. The van der Waals surface area contributed by atoms with Gasteiger partial charge in [0, 0.05) is 17.6 Å². The van der Waals surface area contributed by atoms with Crippen molar-refractivity contribution in [2.45, 2.75) is 66.7 Å².